The maximum atomic E-state index is 13.6. The Hall–Kier alpha value is -2.50. The monoisotopic (exact) mass is 581 g/mol. The quantitative estimate of drug-likeness (QED) is 0.422. The van der Waals surface area contributed by atoms with Crippen molar-refractivity contribution in [2.24, 2.45) is 0 Å². The molecule has 2 amide bonds. The van der Waals surface area contributed by atoms with E-state index in [1.165, 1.54) is 11.0 Å². The first-order chi connectivity index (χ1) is 17.0. The first-order valence-electron chi connectivity index (χ1n) is 11.2. The third-order valence-corrected chi connectivity index (χ3v) is 7.04. The van der Waals surface area contributed by atoms with Crippen molar-refractivity contribution in [3.63, 3.8) is 0 Å². The molecule has 0 saturated carbocycles. The van der Waals surface area contributed by atoms with E-state index in [-0.39, 0.29) is 29.7 Å². The summed E-state index contributed by atoms with van der Waals surface area (Å²) < 4.78 is 65.5. The largest absolute Gasteiger partial charge is 0.416 e. The number of hydrogen-bond acceptors (Lipinski definition) is 4. The van der Waals surface area contributed by atoms with Crippen LogP contribution >= 0.6 is 23.2 Å². The van der Waals surface area contributed by atoms with Crippen LogP contribution < -0.4 is 9.62 Å². The Morgan fingerprint density at radius 1 is 1.08 bits per heavy atom. The number of sulfonamides is 1. The van der Waals surface area contributed by atoms with Gasteiger partial charge in [-0.1, -0.05) is 42.3 Å². The molecule has 7 nitrogen and oxygen atoms in total. The summed E-state index contributed by atoms with van der Waals surface area (Å²) in [5.41, 5.74) is -0.964. The number of carbonyl (C=O) groups excluding carboxylic acids is 2. The van der Waals surface area contributed by atoms with Gasteiger partial charge in [-0.05, 0) is 56.2 Å². The third-order valence-electron chi connectivity index (χ3n) is 5.31. The van der Waals surface area contributed by atoms with Gasteiger partial charge < -0.3 is 10.2 Å². The summed E-state index contributed by atoms with van der Waals surface area (Å²) in [6.45, 7) is 4.16. The fourth-order valence-corrected chi connectivity index (χ4v) is 4.89. The van der Waals surface area contributed by atoms with Crippen LogP contribution in [0.25, 0.3) is 0 Å². The Morgan fingerprint density at radius 3 is 2.24 bits per heavy atom. The van der Waals surface area contributed by atoms with Crippen LogP contribution in [-0.2, 0) is 32.3 Å². The van der Waals surface area contributed by atoms with Gasteiger partial charge in [0, 0.05) is 22.6 Å². The minimum atomic E-state index is -4.72. The maximum Gasteiger partial charge on any atom is 0.416 e. The zero-order chi connectivity index (χ0) is 28.1. The number of hydrogen-bond donors (Lipinski definition) is 1. The lowest BCUT2D eigenvalue weighted by atomic mass is 10.1. The minimum Gasteiger partial charge on any atom is -0.352 e. The summed E-state index contributed by atoms with van der Waals surface area (Å²) in [6.07, 6.45) is -3.76. The zero-order valence-electron chi connectivity index (χ0n) is 20.6. The van der Waals surface area contributed by atoms with Crippen LogP contribution in [0.2, 0.25) is 10.0 Å². The van der Waals surface area contributed by atoms with Gasteiger partial charge in [0.05, 0.1) is 17.5 Å². The van der Waals surface area contributed by atoms with E-state index >= 15 is 0 Å². The van der Waals surface area contributed by atoms with Crippen LogP contribution in [0.5, 0.6) is 0 Å². The zero-order valence-corrected chi connectivity index (χ0v) is 23.0. The lowest BCUT2D eigenvalue weighted by Crippen LogP contribution is -2.53. The predicted molar refractivity (Wildman–Crippen MR) is 138 cm³/mol. The van der Waals surface area contributed by atoms with Gasteiger partial charge in [-0.25, -0.2) is 8.42 Å². The molecular weight excluding hydrogens is 554 g/mol. The smallest absolute Gasteiger partial charge is 0.352 e. The number of rotatable bonds is 10. The highest BCUT2D eigenvalue weighted by molar-refractivity contribution is 7.92. The summed E-state index contributed by atoms with van der Waals surface area (Å²) in [5.74, 6) is -1.28. The lowest BCUT2D eigenvalue weighted by molar-refractivity contribution is -0.140. The Morgan fingerprint density at radius 2 is 1.73 bits per heavy atom. The van der Waals surface area contributed by atoms with E-state index in [1.807, 2.05) is 0 Å². The van der Waals surface area contributed by atoms with Crippen molar-refractivity contribution in [3.8, 4) is 0 Å². The van der Waals surface area contributed by atoms with E-state index in [0.29, 0.717) is 21.0 Å². The van der Waals surface area contributed by atoms with E-state index in [4.69, 9.17) is 23.2 Å². The van der Waals surface area contributed by atoms with Gasteiger partial charge in [0.15, 0.2) is 0 Å². The molecule has 1 N–H and O–H groups in total. The molecule has 37 heavy (non-hydrogen) atoms. The summed E-state index contributed by atoms with van der Waals surface area (Å²) in [6, 6.07) is 6.98. The average Bonchev–Trinajstić information content (AvgIpc) is 2.76. The van der Waals surface area contributed by atoms with Crippen molar-refractivity contribution in [1.29, 1.82) is 0 Å². The molecule has 0 aromatic heterocycles. The van der Waals surface area contributed by atoms with Crippen LogP contribution in [0.1, 0.15) is 38.3 Å². The molecule has 0 spiro atoms. The second-order valence-electron chi connectivity index (χ2n) is 8.66. The molecule has 0 unspecified atom stereocenters. The number of carbonyl (C=O) groups is 2. The van der Waals surface area contributed by atoms with Gasteiger partial charge in [-0.2, -0.15) is 13.2 Å². The fraction of sp³-hybridized carbons (Fsp3) is 0.417. The van der Waals surface area contributed by atoms with Crippen molar-refractivity contribution in [2.45, 2.75) is 52.0 Å². The van der Waals surface area contributed by atoms with Crippen molar-refractivity contribution in [1.82, 2.24) is 10.2 Å². The highest BCUT2D eigenvalue weighted by Gasteiger charge is 2.34. The van der Waals surface area contributed by atoms with E-state index in [2.05, 4.69) is 5.32 Å². The predicted octanol–water partition coefficient (Wildman–Crippen LogP) is 5.11. The topological polar surface area (TPSA) is 86.8 Å². The number of anilines is 1. The number of nitrogens with one attached hydrogen (secondary N) is 1. The maximum absolute atomic E-state index is 13.6. The second-order valence-corrected chi connectivity index (χ2v) is 11.4. The van der Waals surface area contributed by atoms with Crippen LogP contribution in [0, 0.1) is 0 Å². The molecule has 1 atom stereocenters. The van der Waals surface area contributed by atoms with E-state index in [0.717, 1.165) is 24.5 Å². The van der Waals surface area contributed by atoms with E-state index < -0.39 is 46.2 Å². The van der Waals surface area contributed by atoms with Gasteiger partial charge in [0.1, 0.15) is 12.6 Å². The number of benzene rings is 2. The van der Waals surface area contributed by atoms with Crippen LogP contribution in [0.4, 0.5) is 18.9 Å². The standard InChI is InChI=1S/C24H28Cl2F3N3O4S/c1-5-21(23(34)30-15(2)3)31(13-16-9-10-18(25)12-20(16)26)22(33)14-32(37(4,35)36)19-8-6-7-17(11-19)24(27,28)29/h6-12,15,21H,5,13-14H2,1-4H3,(H,30,34)/t21-/m0/s1. The second kappa shape index (κ2) is 12.4. The molecule has 2 aromatic rings. The normalized spacial score (nSPS) is 12.8. The summed E-state index contributed by atoms with van der Waals surface area (Å²) >= 11 is 12.3. The Labute approximate surface area is 224 Å². The third kappa shape index (κ3) is 8.51. The molecule has 0 aliphatic carbocycles. The molecule has 0 radical (unpaired) electrons. The summed E-state index contributed by atoms with van der Waals surface area (Å²) in [5, 5.41) is 3.31. The van der Waals surface area contributed by atoms with Gasteiger partial charge in [0.25, 0.3) is 0 Å². The van der Waals surface area contributed by atoms with Gasteiger partial charge >= 0.3 is 6.18 Å². The van der Waals surface area contributed by atoms with Gasteiger partial charge in [0.2, 0.25) is 21.8 Å². The van der Waals surface area contributed by atoms with Crippen LogP contribution in [0.3, 0.4) is 0 Å². The fourth-order valence-electron chi connectivity index (χ4n) is 3.58. The SMILES string of the molecule is CC[C@@H](C(=O)NC(C)C)N(Cc1ccc(Cl)cc1Cl)C(=O)CN(c1cccc(C(F)(F)F)c1)S(C)(=O)=O. The lowest BCUT2D eigenvalue weighted by Gasteiger charge is -2.33. The Kier molecular flexibility index (Phi) is 10.3. The molecule has 13 heteroatoms. The van der Waals surface area contributed by atoms with Gasteiger partial charge in [-0.3, -0.25) is 13.9 Å². The number of halogens is 5. The van der Waals surface area contributed by atoms with Crippen molar-refractivity contribution in [2.75, 3.05) is 17.1 Å². The first-order valence-corrected chi connectivity index (χ1v) is 13.8. The number of alkyl halides is 3. The molecule has 0 aliphatic heterocycles. The van der Waals surface area contributed by atoms with Crippen molar-refractivity contribution >= 4 is 50.7 Å². The number of nitrogens with zero attached hydrogens (tertiary/aromatic N) is 2. The highest BCUT2D eigenvalue weighted by atomic mass is 35.5. The molecule has 0 saturated heterocycles. The molecule has 0 fully saturated rings. The summed E-state index contributed by atoms with van der Waals surface area (Å²) in [7, 11) is -4.19. The van der Waals surface area contributed by atoms with Crippen molar-refractivity contribution in [3.05, 3.63) is 63.6 Å². The minimum absolute atomic E-state index is 0.168. The highest BCUT2D eigenvalue weighted by Crippen LogP contribution is 2.32. The molecule has 2 aromatic carbocycles. The first kappa shape index (κ1) is 30.7. The van der Waals surface area contributed by atoms with Crippen LogP contribution in [-0.4, -0.2) is 50.0 Å². The van der Waals surface area contributed by atoms with Crippen LogP contribution in [0.15, 0.2) is 42.5 Å². The molecule has 2 rings (SSSR count). The Bertz CT molecular complexity index is 1240. The number of amides is 2. The molecule has 0 heterocycles. The average molecular weight is 582 g/mol. The Balaban J connectivity index is 2.53. The molecule has 0 aliphatic rings. The summed E-state index contributed by atoms with van der Waals surface area (Å²) in [4.78, 5) is 27.7. The van der Waals surface area contributed by atoms with Gasteiger partial charge in [-0.15, -0.1) is 0 Å². The molecule has 204 valence electrons. The molecule has 0 bridgehead atoms. The van der Waals surface area contributed by atoms with E-state index in [1.54, 1.807) is 32.9 Å². The molecular formula is C24H28Cl2F3N3O4S. The van der Waals surface area contributed by atoms with Crippen molar-refractivity contribution < 1.29 is 31.2 Å². The van der Waals surface area contributed by atoms with E-state index in [9.17, 15) is 31.2 Å².